The summed E-state index contributed by atoms with van der Waals surface area (Å²) in [6.45, 7) is 24.5. The molecule has 0 amide bonds. The first kappa shape index (κ1) is 26.5. The highest BCUT2D eigenvalue weighted by Gasteiger charge is 2.72. The third-order valence-electron chi connectivity index (χ3n) is 9.68. The highest BCUT2D eigenvalue weighted by molar-refractivity contribution is 6.74. The largest absolute Gasteiger partial charge is 0.413 e. The minimum absolute atomic E-state index is 0.000439. The normalized spacial score (nSPS) is 41.0. The van der Waals surface area contributed by atoms with Gasteiger partial charge in [-0.05, 0) is 36.3 Å². The van der Waals surface area contributed by atoms with Crippen LogP contribution < -0.4 is 0 Å². The molecule has 3 rings (SSSR count). The summed E-state index contributed by atoms with van der Waals surface area (Å²) in [5, 5.41) is 22.0. The Hall–Kier alpha value is -0.0962. The molecule has 0 aromatic carbocycles. The number of carbonyl (C=O) groups excluding carboxylic acids is 1. The predicted octanol–water partition coefficient (Wildman–Crippen LogP) is 4.26. The standard InChI is InChI=1S/C24H46O6Si2/c1-21(2,3)31(8,9)29-17-13-18-24(14-28-18,30-32(10,11)22(4,5)6)16-12-15(25)19(26)20(27)23(16,17)7/h16-20,26-27H,12-14H2,1-11H3/t16-,17-,18+,19-,20-,23-,24+/m0/s1. The predicted molar refractivity (Wildman–Crippen MR) is 131 cm³/mol. The van der Waals surface area contributed by atoms with Crippen molar-refractivity contribution in [2.75, 3.05) is 6.61 Å². The molecular formula is C24H46O6Si2. The zero-order valence-electron chi connectivity index (χ0n) is 22.0. The van der Waals surface area contributed by atoms with Gasteiger partial charge in [0.15, 0.2) is 22.4 Å². The molecular weight excluding hydrogens is 440 g/mol. The molecule has 6 nitrogen and oxygen atoms in total. The van der Waals surface area contributed by atoms with E-state index in [0.29, 0.717) is 13.0 Å². The number of ketones is 1. The number of Topliss-reactive ketones (excluding diaryl/α,β-unsaturated/α-hetero) is 1. The second-order valence-corrected chi connectivity index (χ2v) is 23.2. The van der Waals surface area contributed by atoms with Crippen molar-refractivity contribution in [2.45, 2.75) is 128 Å². The van der Waals surface area contributed by atoms with E-state index in [-0.39, 0.29) is 40.4 Å². The van der Waals surface area contributed by atoms with Crippen LogP contribution >= 0.6 is 0 Å². The molecule has 3 aliphatic rings. The van der Waals surface area contributed by atoms with Crippen LogP contribution in [-0.4, -0.2) is 69.3 Å². The molecule has 1 heterocycles. The lowest BCUT2D eigenvalue weighted by molar-refractivity contribution is -0.328. The van der Waals surface area contributed by atoms with E-state index in [9.17, 15) is 15.0 Å². The van der Waals surface area contributed by atoms with E-state index in [1.165, 1.54) is 0 Å². The Morgan fingerprint density at radius 2 is 1.53 bits per heavy atom. The molecule has 1 aliphatic heterocycles. The molecule has 7 atom stereocenters. The van der Waals surface area contributed by atoms with Crippen LogP contribution in [-0.2, 0) is 18.4 Å². The van der Waals surface area contributed by atoms with Gasteiger partial charge in [0.25, 0.3) is 0 Å². The Morgan fingerprint density at radius 1 is 1.00 bits per heavy atom. The van der Waals surface area contributed by atoms with E-state index in [2.05, 4.69) is 67.7 Å². The van der Waals surface area contributed by atoms with Crippen LogP contribution in [0.25, 0.3) is 0 Å². The van der Waals surface area contributed by atoms with Gasteiger partial charge in [-0.3, -0.25) is 4.79 Å². The lowest BCUT2D eigenvalue weighted by atomic mass is 9.50. The number of hydrogen-bond donors (Lipinski definition) is 2. The molecule has 0 aromatic rings. The number of hydrogen-bond acceptors (Lipinski definition) is 6. The molecule has 0 aromatic heterocycles. The fourth-order valence-corrected chi connectivity index (χ4v) is 8.29. The Balaban J connectivity index is 2.07. The second kappa shape index (κ2) is 7.70. The van der Waals surface area contributed by atoms with Crippen LogP contribution in [0.3, 0.4) is 0 Å². The average molecular weight is 487 g/mol. The van der Waals surface area contributed by atoms with Gasteiger partial charge in [-0.2, -0.15) is 0 Å². The number of aliphatic hydroxyl groups is 2. The van der Waals surface area contributed by atoms with Crippen molar-refractivity contribution in [1.29, 1.82) is 0 Å². The second-order valence-electron chi connectivity index (χ2n) is 13.7. The number of fused-ring (bicyclic) bond motifs is 3. The maximum Gasteiger partial charge on any atom is 0.193 e. The summed E-state index contributed by atoms with van der Waals surface area (Å²) in [6, 6.07) is 0. The van der Waals surface area contributed by atoms with E-state index >= 15 is 0 Å². The van der Waals surface area contributed by atoms with Gasteiger partial charge in [-0.15, -0.1) is 0 Å². The van der Waals surface area contributed by atoms with Gasteiger partial charge in [0.1, 0.15) is 11.7 Å². The molecule has 1 saturated heterocycles. The number of ether oxygens (including phenoxy) is 1. The SMILES string of the molecule is CC(C)(C)[Si](C)(C)O[C@H]1C[C@H]2OC[C@@]2(O[Si](C)(C)C(C)(C)C)[C@H]2CC(=O)[C@H](O)[C@H](O)[C@]12C. The molecule has 32 heavy (non-hydrogen) atoms. The summed E-state index contributed by atoms with van der Waals surface area (Å²) < 4.78 is 20.1. The molecule has 2 aliphatic carbocycles. The molecule has 0 unspecified atom stereocenters. The lowest BCUT2D eigenvalue weighted by Crippen LogP contribution is -2.80. The van der Waals surface area contributed by atoms with E-state index < -0.39 is 39.9 Å². The monoisotopic (exact) mass is 486 g/mol. The Bertz CT molecular complexity index is 755. The third-order valence-corrected chi connectivity index (χ3v) is 18.7. The van der Waals surface area contributed by atoms with Crippen molar-refractivity contribution < 1.29 is 28.6 Å². The Morgan fingerprint density at radius 3 is 1.97 bits per heavy atom. The van der Waals surface area contributed by atoms with Gasteiger partial charge in [0, 0.05) is 24.2 Å². The zero-order chi connectivity index (χ0) is 24.7. The van der Waals surface area contributed by atoms with Crippen molar-refractivity contribution >= 4 is 22.4 Å². The summed E-state index contributed by atoms with van der Waals surface area (Å²) in [5.74, 6) is -0.575. The minimum atomic E-state index is -2.19. The van der Waals surface area contributed by atoms with Gasteiger partial charge in [0.05, 0.1) is 24.9 Å². The molecule has 2 saturated carbocycles. The number of rotatable bonds is 4. The summed E-state index contributed by atoms with van der Waals surface area (Å²) in [4.78, 5) is 12.8. The molecule has 2 N–H and O–H groups in total. The van der Waals surface area contributed by atoms with Crippen molar-refractivity contribution in [2.24, 2.45) is 11.3 Å². The van der Waals surface area contributed by atoms with Crippen molar-refractivity contribution in [3.05, 3.63) is 0 Å². The van der Waals surface area contributed by atoms with Gasteiger partial charge >= 0.3 is 0 Å². The molecule has 186 valence electrons. The zero-order valence-corrected chi connectivity index (χ0v) is 24.0. The Kier molecular flexibility index (Phi) is 6.38. The average Bonchev–Trinajstić information content (AvgIpc) is 2.60. The molecule has 3 fully saturated rings. The highest BCUT2D eigenvalue weighted by atomic mass is 28.4. The quantitative estimate of drug-likeness (QED) is 0.578. The first-order chi connectivity index (χ1) is 14.2. The topological polar surface area (TPSA) is 85.2 Å². The minimum Gasteiger partial charge on any atom is -0.413 e. The van der Waals surface area contributed by atoms with Crippen molar-refractivity contribution in [3.8, 4) is 0 Å². The fraction of sp³-hybridized carbons (Fsp3) is 0.958. The smallest absolute Gasteiger partial charge is 0.193 e. The molecule has 0 bridgehead atoms. The summed E-state index contributed by atoms with van der Waals surface area (Å²) >= 11 is 0. The van der Waals surface area contributed by atoms with Gasteiger partial charge in [-0.1, -0.05) is 48.5 Å². The van der Waals surface area contributed by atoms with Crippen LogP contribution in [0.4, 0.5) is 0 Å². The van der Waals surface area contributed by atoms with Crippen molar-refractivity contribution in [3.63, 3.8) is 0 Å². The van der Waals surface area contributed by atoms with Gasteiger partial charge in [0.2, 0.25) is 0 Å². The Labute approximate surface area is 196 Å². The fourth-order valence-electron chi connectivity index (χ4n) is 5.29. The van der Waals surface area contributed by atoms with Crippen LogP contribution in [0, 0.1) is 11.3 Å². The van der Waals surface area contributed by atoms with E-state index in [1.807, 2.05) is 6.92 Å². The van der Waals surface area contributed by atoms with Gasteiger partial charge in [-0.25, -0.2) is 0 Å². The first-order valence-corrected chi connectivity index (χ1v) is 17.9. The maximum atomic E-state index is 12.8. The summed E-state index contributed by atoms with van der Waals surface area (Å²) in [6.07, 6.45) is -2.27. The van der Waals surface area contributed by atoms with Crippen LogP contribution in [0.2, 0.25) is 36.3 Å². The summed E-state index contributed by atoms with van der Waals surface area (Å²) in [7, 11) is -4.37. The molecule has 0 radical (unpaired) electrons. The summed E-state index contributed by atoms with van der Waals surface area (Å²) in [5.41, 5.74) is -1.42. The van der Waals surface area contributed by atoms with Crippen LogP contribution in [0.15, 0.2) is 0 Å². The van der Waals surface area contributed by atoms with Crippen molar-refractivity contribution in [1.82, 2.24) is 0 Å². The van der Waals surface area contributed by atoms with E-state index in [0.717, 1.165) is 0 Å². The van der Waals surface area contributed by atoms with Gasteiger partial charge < -0.3 is 23.8 Å². The first-order valence-electron chi connectivity index (χ1n) is 12.1. The highest BCUT2D eigenvalue weighted by Crippen LogP contribution is 2.62. The molecule has 0 spiro atoms. The van der Waals surface area contributed by atoms with Crippen LogP contribution in [0.5, 0.6) is 0 Å². The maximum absolute atomic E-state index is 12.8. The third kappa shape index (κ3) is 3.82. The van der Waals surface area contributed by atoms with Crippen LogP contribution in [0.1, 0.15) is 61.3 Å². The number of aliphatic hydroxyl groups excluding tert-OH is 2. The van der Waals surface area contributed by atoms with E-state index in [1.54, 1.807) is 0 Å². The van der Waals surface area contributed by atoms with E-state index in [4.69, 9.17) is 13.6 Å². The number of carbonyl (C=O) groups is 1. The lowest BCUT2D eigenvalue weighted by Gasteiger charge is -2.68. The molecule has 8 heteroatoms.